The zero-order valence-corrected chi connectivity index (χ0v) is 19.6. The Bertz CT molecular complexity index is 1400. The maximum atomic E-state index is 12.7. The second-order valence-electron chi connectivity index (χ2n) is 7.35. The molecule has 0 fully saturated rings. The average molecular weight is 498 g/mol. The average Bonchev–Trinajstić information content (AvgIpc) is 3.23. The SMILES string of the molecule is Cc1cc(NS(=O)(=O)c2ccc(NC(=O)c3cccc(COc4ccc(Cl)cc4)c3)cc2)no1. The highest BCUT2D eigenvalue weighted by molar-refractivity contribution is 7.92. The lowest BCUT2D eigenvalue weighted by atomic mass is 10.1. The third-order valence-corrected chi connectivity index (χ3v) is 6.32. The predicted octanol–water partition coefficient (Wildman–Crippen LogP) is 5.27. The van der Waals surface area contributed by atoms with E-state index in [1.807, 2.05) is 6.07 Å². The van der Waals surface area contributed by atoms with Crippen LogP contribution in [0.25, 0.3) is 0 Å². The number of nitrogens with one attached hydrogen (secondary N) is 2. The maximum Gasteiger partial charge on any atom is 0.263 e. The van der Waals surface area contributed by atoms with Crippen LogP contribution in [0.2, 0.25) is 5.02 Å². The van der Waals surface area contributed by atoms with Crippen molar-refractivity contribution < 1.29 is 22.5 Å². The number of amides is 1. The molecule has 0 bridgehead atoms. The van der Waals surface area contributed by atoms with E-state index in [1.54, 1.807) is 49.4 Å². The fourth-order valence-electron chi connectivity index (χ4n) is 3.03. The second kappa shape index (κ2) is 9.98. The van der Waals surface area contributed by atoms with Gasteiger partial charge in [0.25, 0.3) is 15.9 Å². The molecule has 1 amide bonds. The van der Waals surface area contributed by atoms with Gasteiger partial charge in [0.05, 0.1) is 4.90 Å². The lowest BCUT2D eigenvalue weighted by Gasteiger charge is -2.10. The van der Waals surface area contributed by atoms with Gasteiger partial charge < -0.3 is 14.6 Å². The van der Waals surface area contributed by atoms with E-state index < -0.39 is 10.0 Å². The Morgan fingerprint density at radius 2 is 1.76 bits per heavy atom. The van der Waals surface area contributed by atoms with E-state index in [0.29, 0.717) is 27.8 Å². The van der Waals surface area contributed by atoms with Crippen LogP contribution in [0.4, 0.5) is 11.5 Å². The van der Waals surface area contributed by atoms with Crippen LogP contribution in [-0.2, 0) is 16.6 Å². The molecule has 0 saturated carbocycles. The molecular weight excluding hydrogens is 478 g/mol. The monoisotopic (exact) mass is 497 g/mol. The molecule has 34 heavy (non-hydrogen) atoms. The van der Waals surface area contributed by atoms with Gasteiger partial charge in [-0.25, -0.2) is 8.42 Å². The fraction of sp³-hybridized carbons (Fsp3) is 0.0833. The molecule has 1 aromatic heterocycles. The molecule has 4 rings (SSSR count). The van der Waals surface area contributed by atoms with Crippen LogP contribution in [0.5, 0.6) is 5.75 Å². The number of carbonyl (C=O) groups is 1. The van der Waals surface area contributed by atoms with Crippen molar-refractivity contribution >= 4 is 39.0 Å². The van der Waals surface area contributed by atoms with Crippen LogP contribution < -0.4 is 14.8 Å². The quantitative estimate of drug-likeness (QED) is 0.343. The van der Waals surface area contributed by atoms with E-state index in [-0.39, 0.29) is 23.2 Å². The van der Waals surface area contributed by atoms with Crippen molar-refractivity contribution in [2.75, 3.05) is 10.0 Å². The Morgan fingerprint density at radius 1 is 1.03 bits per heavy atom. The number of ether oxygens (including phenoxy) is 1. The van der Waals surface area contributed by atoms with E-state index in [4.69, 9.17) is 20.9 Å². The van der Waals surface area contributed by atoms with Gasteiger partial charge in [-0.05, 0) is 73.2 Å². The lowest BCUT2D eigenvalue weighted by molar-refractivity contribution is 0.102. The van der Waals surface area contributed by atoms with Gasteiger partial charge in [0.15, 0.2) is 5.82 Å². The van der Waals surface area contributed by atoms with E-state index >= 15 is 0 Å². The Kier molecular flexibility index (Phi) is 6.85. The van der Waals surface area contributed by atoms with Gasteiger partial charge in [-0.2, -0.15) is 0 Å². The first kappa shape index (κ1) is 23.3. The van der Waals surface area contributed by atoms with Crippen molar-refractivity contribution in [3.05, 3.63) is 101 Å². The minimum absolute atomic E-state index is 0.0208. The number of sulfonamides is 1. The smallest absolute Gasteiger partial charge is 0.263 e. The number of carbonyl (C=O) groups excluding carboxylic acids is 1. The first-order valence-electron chi connectivity index (χ1n) is 10.1. The predicted molar refractivity (Wildman–Crippen MR) is 129 cm³/mol. The van der Waals surface area contributed by atoms with Crippen molar-refractivity contribution in [2.24, 2.45) is 0 Å². The van der Waals surface area contributed by atoms with Gasteiger partial charge >= 0.3 is 0 Å². The summed E-state index contributed by atoms with van der Waals surface area (Å²) in [5, 5.41) is 7.00. The molecule has 0 saturated heterocycles. The number of rotatable bonds is 8. The highest BCUT2D eigenvalue weighted by Gasteiger charge is 2.16. The third-order valence-electron chi connectivity index (χ3n) is 4.70. The van der Waals surface area contributed by atoms with Crippen LogP contribution in [0, 0.1) is 6.92 Å². The molecule has 2 N–H and O–H groups in total. The van der Waals surface area contributed by atoms with Crippen molar-refractivity contribution in [2.45, 2.75) is 18.4 Å². The molecule has 0 aliphatic heterocycles. The molecule has 0 aliphatic rings. The number of benzene rings is 3. The number of hydrogen-bond acceptors (Lipinski definition) is 6. The van der Waals surface area contributed by atoms with Crippen LogP contribution in [0.1, 0.15) is 21.7 Å². The molecular formula is C24H20ClN3O5S. The van der Waals surface area contributed by atoms with Gasteiger partial charge in [0, 0.05) is 22.3 Å². The van der Waals surface area contributed by atoms with E-state index in [9.17, 15) is 13.2 Å². The highest BCUT2D eigenvalue weighted by atomic mass is 35.5. The molecule has 1 heterocycles. The van der Waals surface area contributed by atoms with E-state index in [2.05, 4.69) is 15.2 Å². The number of aryl methyl sites for hydroxylation is 1. The molecule has 174 valence electrons. The summed E-state index contributed by atoms with van der Waals surface area (Å²) < 4.78 is 37.9. The lowest BCUT2D eigenvalue weighted by Crippen LogP contribution is -2.14. The first-order valence-corrected chi connectivity index (χ1v) is 12.0. The summed E-state index contributed by atoms with van der Waals surface area (Å²) >= 11 is 5.88. The van der Waals surface area contributed by atoms with Gasteiger partial charge in [-0.1, -0.05) is 28.9 Å². The number of nitrogens with zero attached hydrogens (tertiary/aromatic N) is 1. The Morgan fingerprint density at radius 3 is 2.44 bits per heavy atom. The second-order valence-corrected chi connectivity index (χ2v) is 9.47. The summed E-state index contributed by atoms with van der Waals surface area (Å²) in [4.78, 5) is 12.7. The Hall–Kier alpha value is -3.82. The van der Waals surface area contributed by atoms with Crippen molar-refractivity contribution in [3.8, 4) is 5.75 Å². The van der Waals surface area contributed by atoms with Crippen molar-refractivity contribution in [1.82, 2.24) is 5.16 Å². The molecule has 8 nitrogen and oxygen atoms in total. The summed E-state index contributed by atoms with van der Waals surface area (Å²) in [6.07, 6.45) is 0. The number of anilines is 2. The summed E-state index contributed by atoms with van der Waals surface area (Å²) in [7, 11) is -3.84. The van der Waals surface area contributed by atoms with Crippen LogP contribution in [-0.4, -0.2) is 19.5 Å². The fourth-order valence-corrected chi connectivity index (χ4v) is 4.14. The Labute approximate surface area is 201 Å². The molecule has 0 radical (unpaired) electrons. The number of hydrogen-bond donors (Lipinski definition) is 2. The van der Waals surface area contributed by atoms with Gasteiger partial charge in [-0.3, -0.25) is 9.52 Å². The molecule has 0 aliphatic carbocycles. The maximum absolute atomic E-state index is 12.7. The van der Waals surface area contributed by atoms with E-state index in [0.717, 1.165) is 5.56 Å². The normalized spacial score (nSPS) is 11.1. The standard InChI is InChI=1S/C24H20ClN3O5S/c1-16-13-23(27-33-16)28-34(30,31)22-11-7-20(8-12-22)26-24(29)18-4-2-3-17(14-18)15-32-21-9-5-19(25)6-10-21/h2-14H,15H2,1H3,(H,26,29)(H,27,28). The highest BCUT2D eigenvalue weighted by Crippen LogP contribution is 2.20. The summed E-state index contributed by atoms with van der Waals surface area (Å²) in [6.45, 7) is 1.94. The summed E-state index contributed by atoms with van der Waals surface area (Å²) in [6, 6.07) is 21.3. The van der Waals surface area contributed by atoms with Crippen LogP contribution >= 0.6 is 11.6 Å². The number of halogens is 1. The minimum Gasteiger partial charge on any atom is -0.489 e. The Balaban J connectivity index is 1.38. The molecule has 10 heteroatoms. The first-order chi connectivity index (χ1) is 16.3. The topological polar surface area (TPSA) is 111 Å². The molecule has 0 atom stereocenters. The van der Waals surface area contributed by atoms with Crippen molar-refractivity contribution in [3.63, 3.8) is 0 Å². The van der Waals surface area contributed by atoms with Gasteiger partial charge in [-0.15, -0.1) is 0 Å². The number of aromatic nitrogens is 1. The molecule has 0 spiro atoms. The van der Waals surface area contributed by atoms with E-state index in [1.165, 1.54) is 30.3 Å². The zero-order chi connectivity index (χ0) is 24.1. The summed E-state index contributed by atoms with van der Waals surface area (Å²) in [5.41, 5.74) is 1.71. The zero-order valence-electron chi connectivity index (χ0n) is 18.0. The van der Waals surface area contributed by atoms with Crippen LogP contribution in [0.15, 0.2) is 88.3 Å². The van der Waals surface area contributed by atoms with Gasteiger partial charge in [0.2, 0.25) is 0 Å². The molecule has 4 aromatic rings. The third kappa shape index (κ3) is 5.94. The van der Waals surface area contributed by atoms with Gasteiger partial charge in [0.1, 0.15) is 18.1 Å². The molecule has 0 unspecified atom stereocenters. The minimum atomic E-state index is -3.84. The van der Waals surface area contributed by atoms with Crippen molar-refractivity contribution in [1.29, 1.82) is 0 Å². The summed E-state index contributed by atoms with van der Waals surface area (Å²) in [5.74, 6) is 0.911. The van der Waals surface area contributed by atoms with Crippen LogP contribution in [0.3, 0.4) is 0 Å². The largest absolute Gasteiger partial charge is 0.489 e. The molecule has 3 aromatic carbocycles.